The van der Waals surface area contributed by atoms with Crippen LogP contribution in [0.25, 0.3) is 0 Å². The van der Waals surface area contributed by atoms with Crippen LogP contribution in [0.2, 0.25) is 0 Å². The van der Waals surface area contributed by atoms with Crippen LogP contribution in [0, 0.1) is 5.82 Å². The third-order valence-electron chi connectivity index (χ3n) is 4.42. The van der Waals surface area contributed by atoms with Gasteiger partial charge in [0.2, 0.25) is 10.0 Å². The van der Waals surface area contributed by atoms with Gasteiger partial charge in [0, 0.05) is 25.5 Å². The Balaban J connectivity index is 2.00. The van der Waals surface area contributed by atoms with E-state index >= 15 is 0 Å². The first kappa shape index (κ1) is 21.8. The summed E-state index contributed by atoms with van der Waals surface area (Å²) in [5.41, 5.74) is 0.560. The summed E-state index contributed by atoms with van der Waals surface area (Å²) >= 11 is 0. The molecule has 1 N–H and O–H groups in total. The van der Waals surface area contributed by atoms with Gasteiger partial charge < -0.3 is 14.0 Å². The number of sulfonamides is 1. The average molecular weight is 434 g/mol. The van der Waals surface area contributed by atoms with Crippen LogP contribution in [0.5, 0.6) is 11.5 Å². The Bertz CT molecular complexity index is 1100. The van der Waals surface area contributed by atoms with Crippen molar-refractivity contribution in [3.63, 3.8) is 0 Å². The van der Waals surface area contributed by atoms with Crippen LogP contribution in [0.1, 0.15) is 31.3 Å². The molecule has 0 amide bonds. The molecular formula is C21H24FN3O4S. The lowest BCUT2D eigenvalue weighted by molar-refractivity contribution is 0.287. The van der Waals surface area contributed by atoms with Gasteiger partial charge in [0.15, 0.2) is 11.5 Å². The molecule has 0 radical (unpaired) electrons. The van der Waals surface area contributed by atoms with Crippen LogP contribution >= 0.6 is 0 Å². The number of hydrogen-bond donors (Lipinski definition) is 1. The highest BCUT2D eigenvalue weighted by Crippen LogP contribution is 2.31. The number of imidazole rings is 1. The molecule has 0 aliphatic carbocycles. The number of nitrogens with one attached hydrogen (secondary N) is 1. The topological polar surface area (TPSA) is 82.5 Å². The lowest BCUT2D eigenvalue weighted by Crippen LogP contribution is -2.31. The summed E-state index contributed by atoms with van der Waals surface area (Å²) in [6.07, 6.45) is 3.29. The fourth-order valence-electron chi connectivity index (χ4n) is 3.00. The highest BCUT2D eigenvalue weighted by Gasteiger charge is 2.26. The second-order valence-corrected chi connectivity index (χ2v) is 8.19. The first-order valence-electron chi connectivity index (χ1n) is 9.50. The van der Waals surface area contributed by atoms with Crippen molar-refractivity contribution in [2.24, 2.45) is 7.05 Å². The van der Waals surface area contributed by atoms with E-state index in [1.165, 1.54) is 36.4 Å². The molecule has 0 aliphatic heterocycles. The second kappa shape index (κ2) is 9.27. The number of rotatable bonds is 9. The van der Waals surface area contributed by atoms with Gasteiger partial charge in [-0.2, -0.15) is 4.72 Å². The van der Waals surface area contributed by atoms with Gasteiger partial charge in [-0.25, -0.2) is 17.8 Å². The Morgan fingerprint density at radius 3 is 2.33 bits per heavy atom. The quantitative estimate of drug-likeness (QED) is 0.559. The predicted molar refractivity (Wildman–Crippen MR) is 111 cm³/mol. The molecule has 0 saturated heterocycles. The third kappa shape index (κ3) is 4.80. The first-order valence-corrected chi connectivity index (χ1v) is 11.0. The van der Waals surface area contributed by atoms with Gasteiger partial charge in [-0.1, -0.05) is 12.1 Å². The van der Waals surface area contributed by atoms with Crippen molar-refractivity contribution in [3.05, 3.63) is 72.1 Å². The standard InChI is InChI=1S/C21H24FN3O4S/c1-4-28-18-11-10-17(14-19(18)29-5-2)30(26,27)24-20(21-23-12-13-25(21)3)15-6-8-16(22)9-7-15/h6-14,20,24H,4-5H2,1-3H3. The molecule has 9 heteroatoms. The normalized spacial score (nSPS) is 12.5. The lowest BCUT2D eigenvalue weighted by Gasteiger charge is -2.20. The molecule has 3 aromatic rings. The zero-order valence-electron chi connectivity index (χ0n) is 17.0. The number of benzene rings is 2. The molecule has 2 aromatic carbocycles. The predicted octanol–water partition coefficient (Wildman–Crippen LogP) is 3.42. The van der Waals surface area contributed by atoms with Crippen molar-refractivity contribution in [1.29, 1.82) is 0 Å². The van der Waals surface area contributed by atoms with Crippen molar-refractivity contribution in [2.75, 3.05) is 13.2 Å². The van der Waals surface area contributed by atoms with Crippen LogP contribution in [-0.4, -0.2) is 31.2 Å². The van der Waals surface area contributed by atoms with E-state index in [2.05, 4.69) is 9.71 Å². The van der Waals surface area contributed by atoms with Crippen LogP contribution < -0.4 is 14.2 Å². The lowest BCUT2D eigenvalue weighted by atomic mass is 10.1. The molecule has 1 atom stereocenters. The molecule has 3 rings (SSSR count). The fourth-order valence-corrected chi connectivity index (χ4v) is 4.20. The maximum Gasteiger partial charge on any atom is 0.241 e. The maximum atomic E-state index is 13.4. The fraction of sp³-hybridized carbons (Fsp3) is 0.286. The van der Waals surface area contributed by atoms with Gasteiger partial charge in [0.05, 0.1) is 18.1 Å². The van der Waals surface area contributed by atoms with Crippen LogP contribution in [0.4, 0.5) is 4.39 Å². The van der Waals surface area contributed by atoms with E-state index < -0.39 is 21.9 Å². The summed E-state index contributed by atoms with van der Waals surface area (Å²) in [4.78, 5) is 4.30. The third-order valence-corrected chi connectivity index (χ3v) is 5.84. The molecule has 30 heavy (non-hydrogen) atoms. The van der Waals surface area contributed by atoms with Gasteiger partial charge in [0.1, 0.15) is 17.7 Å². The van der Waals surface area contributed by atoms with Crippen molar-refractivity contribution in [2.45, 2.75) is 24.8 Å². The summed E-state index contributed by atoms with van der Waals surface area (Å²) in [5, 5.41) is 0. The van der Waals surface area contributed by atoms with Crippen molar-refractivity contribution in [1.82, 2.24) is 14.3 Å². The summed E-state index contributed by atoms with van der Waals surface area (Å²) in [5.74, 6) is 0.879. The van der Waals surface area contributed by atoms with Gasteiger partial charge in [-0.15, -0.1) is 0 Å². The number of nitrogens with zero attached hydrogens (tertiary/aromatic N) is 2. The minimum atomic E-state index is -3.97. The monoisotopic (exact) mass is 433 g/mol. The van der Waals surface area contributed by atoms with Gasteiger partial charge in [0.25, 0.3) is 0 Å². The second-order valence-electron chi connectivity index (χ2n) is 6.48. The highest BCUT2D eigenvalue weighted by molar-refractivity contribution is 7.89. The van der Waals surface area contributed by atoms with Crippen LogP contribution in [0.3, 0.4) is 0 Å². The molecule has 0 saturated carbocycles. The van der Waals surface area contributed by atoms with Gasteiger partial charge in [-0.3, -0.25) is 0 Å². The summed E-state index contributed by atoms with van der Waals surface area (Å²) in [6, 6.07) is 9.26. The molecule has 7 nitrogen and oxygen atoms in total. The van der Waals surface area contributed by atoms with Crippen molar-refractivity contribution in [3.8, 4) is 11.5 Å². The average Bonchev–Trinajstić information content (AvgIpc) is 3.14. The van der Waals surface area contributed by atoms with E-state index in [0.29, 0.717) is 36.1 Å². The Morgan fingerprint density at radius 2 is 1.73 bits per heavy atom. The Labute approximate surface area is 175 Å². The number of halogens is 1. The maximum absolute atomic E-state index is 13.4. The summed E-state index contributed by atoms with van der Waals surface area (Å²) in [6.45, 7) is 4.43. The molecule has 0 aliphatic rings. The molecule has 1 unspecified atom stereocenters. The Kier molecular flexibility index (Phi) is 6.73. The van der Waals surface area contributed by atoms with E-state index in [4.69, 9.17) is 9.47 Å². The molecule has 0 bridgehead atoms. The van der Waals surface area contributed by atoms with E-state index in [1.807, 2.05) is 6.92 Å². The minimum Gasteiger partial charge on any atom is -0.490 e. The Hall–Kier alpha value is -2.91. The highest BCUT2D eigenvalue weighted by atomic mass is 32.2. The van der Waals surface area contributed by atoms with E-state index in [0.717, 1.165) is 0 Å². The molecule has 160 valence electrons. The van der Waals surface area contributed by atoms with Crippen molar-refractivity contribution < 1.29 is 22.3 Å². The molecule has 0 fully saturated rings. The minimum absolute atomic E-state index is 0.0238. The number of ether oxygens (including phenoxy) is 2. The number of aromatic nitrogens is 2. The summed E-state index contributed by atoms with van der Waals surface area (Å²) in [7, 11) is -2.20. The van der Waals surface area contributed by atoms with E-state index in [-0.39, 0.29) is 4.90 Å². The van der Waals surface area contributed by atoms with Crippen LogP contribution in [0.15, 0.2) is 59.8 Å². The molecule has 1 heterocycles. The van der Waals surface area contributed by atoms with E-state index in [9.17, 15) is 12.8 Å². The van der Waals surface area contributed by atoms with E-state index in [1.54, 1.807) is 37.0 Å². The Morgan fingerprint density at radius 1 is 1.07 bits per heavy atom. The van der Waals surface area contributed by atoms with Gasteiger partial charge in [-0.05, 0) is 43.7 Å². The van der Waals surface area contributed by atoms with Crippen molar-refractivity contribution >= 4 is 10.0 Å². The zero-order valence-corrected chi connectivity index (χ0v) is 17.8. The SMILES string of the molecule is CCOc1ccc(S(=O)(=O)NC(c2ccc(F)cc2)c2nccn2C)cc1OCC. The smallest absolute Gasteiger partial charge is 0.241 e. The van der Waals surface area contributed by atoms with Gasteiger partial charge >= 0.3 is 0 Å². The van der Waals surface area contributed by atoms with Crippen LogP contribution in [-0.2, 0) is 17.1 Å². The number of hydrogen-bond acceptors (Lipinski definition) is 5. The summed E-state index contributed by atoms with van der Waals surface area (Å²) < 4.78 is 55.2. The largest absolute Gasteiger partial charge is 0.490 e. The molecular weight excluding hydrogens is 409 g/mol. The molecule has 0 spiro atoms. The molecule has 1 aromatic heterocycles. The zero-order chi connectivity index (χ0) is 21.7. The first-order chi connectivity index (χ1) is 14.4. The number of aryl methyl sites for hydroxylation is 1.